The molecule has 0 saturated heterocycles. The van der Waals surface area contributed by atoms with E-state index in [4.69, 9.17) is 10.8 Å². The number of aliphatic carboxylic acids is 1. The van der Waals surface area contributed by atoms with Gasteiger partial charge in [-0.25, -0.2) is 0 Å². The fourth-order valence-corrected chi connectivity index (χ4v) is 1.09. The van der Waals surface area contributed by atoms with Crippen molar-refractivity contribution in [3.8, 4) is 0 Å². The predicted molar refractivity (Wildman–Crippen MR) is 44.3 cm³/mol. The van der Waals surface area contributed by atoms with Gasteiger partial charge in [-0.2, -0.15) is 0 Å². The van der Waals surface area contributed by atoms with E-state index in [2.05, 4.69) is 0 Å². The molecule has 3 N–H and O–H groups in total. The third-order valence-corrected chi connectivity index (χ3v) is 1.80. The van der Waals surface area contributed by atoms with Crippen LogP contribution in [0.4, 0.5) is 0 Å². The van der Waals surface area contributed by atoms with Gasteiger partial charge < -0.3 is 10.8 Å². The van der Waals surface area contributed by atoms with Crippen LogP contribution in [-0.4, -0.2) is 17.6 Å². The highest BCUT2D eigenvalue weighted by atomic mass is 16.4. The summed E-state index contributed by atoms with van der Waals surface area (Å²) in [5, 5.41) is 8.78. The Morgan fingerprint density at radius 3 is 2.09 bits per heavy atom. The lowest BCUT2D eigenvalue weighted by Crippen LogP contribution is -2.30. The molecule has 0 radical (unpaired) electrons. The molecule has 0 aromatic heterocycles. The van der Waals surface area contributed by atoms with Crippen LogP contribution < -0.4 is 5.73 Å². The summed E-state index contributed by atoms with van der Waals surface area (Å²) in [6.45, 7) is 6.19. The zero-order valence-corrected chi connectivity index (χ0v) is 7.42. The largest absolute Gasteiger partial charge is 0.481 e. The van der Waals surface area contributed by atoms with Gasteiger partial charge in [-0.15, -0.1) is 0 Å². The molecule has 3 heteroatoms. The Kier molecular flexibility index (Phi) is 3.52. The number of carboxylic acid groups (broad SMARTS) is 1. The number of hydrogen-bond donors (Lipinski definition) is 2. The third-order valence-electron chi connectivity index (χ3n) is 1.80. The fourth-order valence-electron chi connectivity index (χ4n) is 1.09. The van der Waals surface area contributed by atoms with Crippen molar-refractivity contribution in [2.75, 3.05) is 6.54 Å². The molecule has 1 atom stereocenters. The summed E-state index contributed by atoms with van der Waals surface area (Å²) < 4.78 is 0. The van der Waals surface area contributed by atoms with E-state index in [-0.39, 0.29) is 11.3 Å². The van der Waals surface area contributed by atoms with Crippen LogP contribution in [0, 0.1) is 11.3 Å². The lowest BCUT2D eigenvalue weighted by atomic mass is 9.79. The summed E-state index contributed by atoms with van der Waals surface area (Å²) >= 11 is 0. The average Bonchev–Trinajstić information content (AvgIpc) is 1.79. The predicted octanol–water partition coefficient (Wildman–Crippen LogP) is 1.08. The number of nitrogens with two attached hydrogens (primary N) is 1. The smallest absolute Gasteiger partial charge is 0.307 e. The molecular weight excluding hydrogens is 142 g/mol. The van der Waals surface area contributed by atoms with Crippen LogP contribution in [0.1, 0.15) is 27.2 Å². The second-order valence-corrected chi connectivity index (χ2v) is 3.83. The molecule has 0 rings (SSSR count). The van der Waals surface area contributed by atoms with Crippen LogP contribution in [0.3, 0.4) is 0 Å². The van der Waals surface area contributed by atoms with E-state index in [1.165, 1.54) is 0 Å². The molecule has 66 valence electrons. The van der Waals surface area contributed by atoms with Crippen LogP contribution in [0.5, 0.6) is 0 Å². The van der Waals surface area contributed by atoms with Gasteiger partial charge in [0.2, 0.25) is 0 Å². The highest BCUT2D eigenvalue weighted by Crippen LogP contribution is 2.28. The van der Waals surface area contributed by atoms with Crippen molar-refractivity contribution in [2.45, 2.75) is 27.2 Å². The second kappa shape index (κ2) is 3.72. The van der Waals surface area contributed by atoms with Crippen LogP contribution in [0.15, 0.2) is 0 Å². The Labute approximate surface area is 67.6 Å². The van der Waals surface area contributed by atoms with Crippen molar-refractivity contribution in [2.24, 2.45) is 17.1 Å². The van der Waals surface area contributed by atoms with E-state index in [1.807, 2.05) is 20.8 Å². The quantitative estimate of drug-likeness (QED) is 0.647. The van der Waals surface area contributed by atoms with E-state index in [0.717, 1.165) is 0 Å². The number of carboxylic acids is 1. The van der Waals surface area contributed by atoms with Crippen molar-refractivity contribution in [3.05, 3.63) is 0 Å². The Balaban J connectivity index is 4.22. The van der Waals surface area contributed by atoms with Crippen LogP contribution >= 0.6 is 0 Å². The van der Waals surface area contributed by atoms with Crippen molar-refractivity contribution < 1.29 is 9.90 Å². The maximum Gasteiger partial charge on any atom is 0.307 e. The lowest BCUT2D eigenvalue weighted by Gasteiger charge is -2.26. The zero-order chi connectivity index (χ0) is 9.07. The van der Waals surface area contributed by atoms with Gasteiger partial charge in [-0.05, 0) is 18.4 Å². The van der Waals surface area contributed by atoms with Gasteiger partial charge in [0, 0.05) is 0 Å². The molecule has 0 amide bonds. The third kappa shape index (κ3) is 3.37. The molecular formula is C8H17NO2. The number of hydrogen-bond acceptors (Lipinski definition) is 2. The Bertz CT molecular complexity index is 138. The summed E-state index contributed by atoms with van der Waals surface area (Å²) in [6.07, 6.45) is 0.554. The second-order valence-electron chi connectivity index (χ2n) is 3.83. The van der Waals surface area contributed by atoms with Gasteiger partial charge >= 0.3 is 5.97 Å². The van der Waals surface area contributed by atoms with Gasteiger partial charge in [0.25, 0.3) is 0 Å². The van der Waals surface area contributed by atoms with Gasteiger partial charge in [-0.1, -0.05) is 20.8 Å². The fraction of sp³-hybridized carbons (Fsp3) is 0.875. The van der Waals surface area contributed by atoms with Crippen molar-refractivity contribution >= 4 is 5.97 Å². The van der Waals surface area contributed by atoms with Crippen molar-refractivity contribution in [1.82, 2.24) is 0 Å². The van der Waals surface area contributed by atoms with E-state index < -0.39 is 5.97 Å². The zero-order valence-electron chi connectivity index (χ0n) is 7.42. The molecule has 0 bridgehead atoms. The molecule has 1 unspecified atom stereocenters. The summed E-state index contributed by atoms with van der Waals surface area (Å²) in [6, 6.07) is 0. The molecule has 11 heavy (non-hydrogen) atoms. The molecule has 0 saturated carbocycles. The Morgan fingerprint density at radius 1 is 1.55 bits per heavy atom. The van der Waals surface area contributed by atoms with Crippen molar-refractivity contribution in [3.63, 3.8) is 0 Å². The van der Waals surface area contributed by atoms with Gasteiger partial charge in [0.05, 0.1) is 5.92 Å². The molecule has 0 aliphatic carbocycles. The molecule has 3 nitrogen and oxygen atoms in total. The first-order valence-corrected chi connectivity index (χ1v) is 3.82. The van der Waals surface area contributed by atoms with Crippen LogP contribution in [0.25, 0.3) is 0 Å². The first-order valence-electron chi connectivity index (χ1n) is 3.82. The van der Waals surface area contributed by atoms with Gasteiger partial charge in [0.15, 0.2) is 0 Å². The molecule has 0 fully saturated rings. The Hall–Kier alpha value is -0.570. The summed E-state index contributed by atoms with van der Waals surface area (Å²) in [7, 11) is 0. The standard InChI is InChI=1S/C8H17NO2/c1-8(2,3)6(4-5-9)7(10)11/h6H,4-5,9H2,1-3H3,(H,10,11). The minimum absolute atomic E-state index is 0.189. The minimum atomic E-state index is -0.747. The molecule has 0 aromatic carbocycles. The topological polar surface area (TPSA) is 63.3 Å². The summed E-state index contributed by atoms with van der Waals surface area (Å²) in [4.78, 5) is 10.7. The van der Waals surface area contributed by atoms with Gasteiger partial charge in [0.1, 0.15) is 0 Å². The average molecular weight is 159 g/mol. The molecule has 0 aromatic rings. The monoisotopic (exact) mass is 159 g/mol. The first kappa shape index (κ1) is 10.4. The van der Waals surface area contributed by atoms with Crippen molar-refractivity contribution in [1.29, 1.82) is 0 Å². The summed E-state index contributed by atoms with van der Waals surface area (Å²) in [5.74, 6) is -1.07. The number of rotatable bonds is 3. The minimum Gasteiger partial charge on any atom is -0.481 e. The SMILES string of the molecule is CC(C)(C)C(CCN)C(=O)O. The Morgan fingerprint density at radius 2 is 2.00 bits per heavy atom. The van der Waals surface area contributed by atoms with E-state index in [1.54, 1.807) is 0 Å². The highest BCUT2D eigenvalue weighted by Gasteiger charge is 2.29. The molecule has 0 aliphatic rings. The van der Waals surface area contributed by atoms with Gasteiger partial charge in [-0.3, -0.25) is 4.79 Å². The molecule has 0 spiro atoms. The van der Waals surface area contributed by atoms with E-state index in [0.29, 0.717) is 13.0 Å². The summed E-state index contributed by atoms with van der Waals surface area (Å²) in [5.41, 5.74) is 5.11. The normalized spacial score (nSPS) is 14.5. The molecule has 0 aliphatic heterocycles. The lowest BCUT2D eigenvalue weighted by molar-refractivity contribution is -0.145. The number of carbonyl (C=O) groups is 1. The first-order chi connectivity index (χ1) is 4.89. The highest BCUT2D eigenvalue weighted by molar-refractivity contribution is 5.70. The van der Waals surface area contributed by atoms with Crippen LogP contribution in [0.2, 0.25) is 0 Å². The maximum atomic E-state index is 10.7. The molecule has 0 heterocycles. The van der Waals surface area contributed by atoms with E-state index >= 15 is 0 Å². The maximum absolute atomic E-state index is 10.7. The van der Waals surface area contributed by atoms with Crippen LogP contribution in [-0.2, 0) is 4.79 Å². The van der Waals surface area contributed by atoms with E-state index in [9.17, 15) is 4.79 Å².